The van der Waals surface area contributed by atoms with E-state index in [9.17, 15) is 9.90 Å². The minimum Gasteiger partial charge on any atom is -0.392 e. The van der Waals surface area contributed by atoms with Crippen molar-refractivity contribution in [1.29, 1.82) is 0 Å². The van der Waals surface area contributed by atoms with E-state index in [0.29, 0.717) is 18.5 Å². The largest absolute Gasteiger partial charge is 0.392 e. The van der Waals surface area contributed by atoms with E-state index in [1.165, 1.54) is 0 Å². The van der Waals surface area contributed by atoms with Gasteiger partial charge in [-0.05, 0) is 32.6 Å². The molecule has 1 saturated carbocycles. The fraction of sp³-hybridized carbons (Fsp3) is 0.933. The number of halogens is 2. The van der Waals surface area contributed by atoms with E-state index < -0.39 is 0 Å². The summed E-state index contributed by atoms with van der Waals surface area (Å²) in [6, 6.07) is 0.583. The third-order valence-corrected chi connectivity index (χ3v) is 4.71. The highest BCUT2D eigenvalue weighted by atomic mass is 35.5. The van der Waals surface area contributed by atoms with Crippen molar-refractivity contribution < 1.29 is 9.90 Å². The Morgan fingerprint density at radius 3 is 2.50 bits per heavy atom. The summed E-state index contributed by atoms with van der Waals surface area (Å²) in [6.45, 7) is 7.13. The lowest BCUT2D eigenvalue weighted by molar-refractivity contribution is -0.138. The van der Waals surface area contributed by atoms with E-state index >= 15 is 0 Å². The van der Waals surface area contributed by atoms with Gasteiger partial charge in [-0.2, -0.15) is 0 Å². The molecule has 0 bridgehead atoms. The molecule has 1 aliphatic carbocycles. The molecule has 1 heterocycles. The predicted octanol–water partition coefficient (Wildman–Crippen LogP) is 1.26. The molecule has 2 rings (SSSR count). The number of nitrogens with zero attached hydrogens (tertiary/aromatic N) is 2. The number of amides is 1. The summed E-state index contributed by atoms with van der Waals surface area (Å²) in [6.07, 6.45) is 3.49. The third kappa shape index (κ3) is 5.53. The molecule has 0 spiro atoms. The molecule has 5 nitrogen and oxygen atoms in total. The lowest BCUT2D eigenvalue weighted by Crippen LogP contribution is -2.56. The maximum atomic E-state index is 12.5. The zero-order chi connectivity index (χ0) is 14.7. The zero-order valence-corrected chi connectivity index (χ0v) is 15.2. The molecule has 7 heteroatoms. The minimum absolute atomic E-state index is 0. The zero-order valence-electron chi connectivity index (χ0n) is 13.6. The van der Waals surface area contributed by atoms with Crippen molar-refractivity contribution in [2.45, 2.75) is 57.7 Å². The Morgan fingerprint density at radius 2 is 2.00 bits per heavy atom. The number of hydrogen-bond acceptors (Lipinski definition) is 4. The van der Waals surface area contributed by atoms with Crippen LogP contribution in [-0.4, -0.2) is 65.2 Å². The molecule has 4 unspecified atom stereocenters. The molecule has 0 radical (unpaired) electrons. The molecular weight excluding hydrogens is 325 g/mol. The normalized spacial score (nSPS) is 30.4. The molecule has 1 aliphatic heterocycles. The van der Waals surface area contributed by atoms with Crippen LogP contribution in [0.4, 0.5) is 0 Å². The topological polar surface area (TPSA) is 69.8 Å². The van der Waals surface area contributed by atoms with Crippen LogP contribution in [0.25, 0.3) is 0 Å². The van der Waals surface area contributed by atoms with Crippen molar-refractivity contribution in [1.82, 2.24) is 9.80 Å². The Bertz CT molecular complexity index is 345. The summed E-state index contributed by atoms with van der Waals surface area (Å²) in [5.41, 5.74) is 5.92. The monoisotopic (exact) mass is 355 g/mol. The molecule has 4 atom stereocenters. The SMILES string of the molecule is CCC1CN(C(=O)C2CCC(N)C2)CCN1CC(C)O.Cl.Cl. The van der Waals surface area contributed by atoms with Crippen LogP contribution in [0.2, 0.25) is 0 Å². The van der Waals surface area contributed by atoms with Gasteiger partial charge in [-0.1, -0.05) is 6.92 Å². The van der Waals surface area contributed by atoms with Crippen LogP contribution in [0.1, 0.15) is 39.5 Å². The number of aliphatic hydroxyl groups excluding tert-OH is 1. The van der Waals surface area contributed by atoms with Gasteiger partial charge in [0.05, 0.1) is 6.10 Å². The number of piperazine rings is 1. The van der Waals surface area contributed by atoms with Gasteiger partial charge in [0.25, 0.3) is 0 Å². The summed E-state index contributed by atoms with van der Waals surface area (Å²) in [5.74, 6) is 0.443. The predicted molar refractivity (Wildman–Crippen MR) is 93.7 cm³/mol. The Kier molecular flexibility index (Phi) is 9.90. The van der Waals surface area contributed by atoms with Crippen molar-refractivity contribution in [2.75, 3.05) is 26.2 Å². The molecule has 2 aliphatic rings. The van der Waals surface area contributed by atoms with Crippen molar-refractivity contribution in [3.63, 3.8) is 0 Å². The van der Waals surface area contributed by atoms with Gasteiger partial charge in [0.2, 0.25) is 5.91 Å². The minimum atomic E-state index is -0.306. The van der Waals surface area contributed by atoms with E-state index in [-0.39, 0.29) is 42.9 Å². The fourth-order valence-corrected chi connectivity index (χ4v) is 3.56. The summed E-state index contributed by atoms with van der Waals surface area (Å²) < 4.78 is 0. The van der Waals surface area contributed by atoms with Gasteiger partial charge in [0, 0.05) is 44.2 Å². The number of β-amino-alcohol motifs (C(OH)–C–C–N with tert-alkyl or cyclic N) is 1. The van der Waals surface area contributed by atoms with E-state index in [1.807, 2.05) is 11.8 Å². The van der Waals surface area contributed by atoms with Crippen LogP contribution in [0.15, 0.2) is 0 Å². The van der Waals surface area contributed by atoms with Crippen molar-refractivity contribution in [3.05, 3.63) is 0 Å². The molecule has 2 fully saturated rings. The number of hydrogen-bond donors (Lipinski definition) is 2. The molecule has 0 aromatic heterocycles. The first kappa shape index (κ1) is 21.9. The van der Waals surface area contributed by atoms with Gasteiger partial charge < -0.3 is 15.7 Å². The second-order valence-electron chi connectivity index (χ2n) is 6.46. The summed E-state index contributed by atoms with van der Waals surface area (Å²) in [4.78, 5) is 16.9. The van der Waals surface area contributed by atoms with Gasteiger partial charge in [0.1, 0.15) is 0 Å². The Labute approximate surface area is 146 Å². The molecule has 0 aromatic rings. The maximum Gasteiger partial charge on any atom is 0.225 e. The number of nitrogens with two attached hydrogens (primary N) is 1. The summed E-state index contributed by atoms with van der Waals surface area (Å²) in [5, 5.41) is 9.56. The first-order valence-corrected chi connectivity index (χ1v) is 7.97. The second-order valence-corrected chi connectivity index (χ2v) is 6.46. The Morgan fingerprint density at radius 1 is 1.32 bits per heavy atom. The van der Waals surface area contributed by atoms with E-state index in [4.69, 9.17) is 5.73 Å². The molecular formula is C15H31Cl2N3O2. The van der Waals surface area contributed by atoms with Crippen LogP contribution in [0, 0.1) is 5.92 Å². The van der Waals surface area contributed by atoms with Crippen LogP contribution < -0.4 is 5.73 Å². The third-order valence-electron chi connectivity index (χ3n) is 4.71. The molecule has 0 aromatic carbocycles. The van der Waals surface area contributed by atoms with Crippen molar-refractivity contribution >= 4 is 30.7 Å². The number of carbonyl (C=O) groups excluding carboxylic acids is 1. The molecule has 1 saturated heterocycles. The van der Waals surface area contributed by atoms with E-state index in [2.05, 4.69) is 11.8 Å². The molecule has 22 heavy (non-hydrogen) atoms. The van der Waals surface area contributed by atoms with Gasteiger partial charge >= 0.3 is 0 Å². The van der Waals surface area contributed by atoms with Crippen molar-refractivity contribution in [2.24, 2.45) is 11.7 Å². The summed E-state index contributed by atoms with van der Waals surface area (Å²) in [7, 11) is 0. The standard InChI is InChI=1S/C15H29N3O2.2ClH/c1-3-14-10-18(7-6-17(14)9-11(2)19)15(20)12-4-5-13(16)8-12;;/h11-14,19H,3-10,16H2,1-2H3;2*1H. The van der Waals surface area contributed by atoms with Crippen LogP contribution >= 0.6 is 24.8 Å². The number of aliphatic hydroxyl groups is 1. The highest BCUT2D eigenvalue weighted by Gasteiger charge is 2.35. The average molecular weight is 356 g/mol. The Balaban J connectivity index is 0.00000220. The molecule has 1 amide bonds. The fourth-order valence-electron chi connectivity index (χ4n) is 3.56. The first-order valence-electron chi connectivity index (χ1n) is 7.97. The average Bonchev–Trinajstić information content (AvgIpc) is 2.84. The van der Waals surface area contributed by atoms with Crippen molar-refractivity contribution in [3.8, 4) is 0 Å². The maximum absolute atomic E-state index is 12.5. The molecule has 132 valence electrons. The van der Waals surface area contributed by atoms with Crippen LogP contribution in [0.3, 0.4) is 0 Å². The molecule has 3 N–H and O–H groups in total. The van der Waals surface area contributed by atoms with Crippen LogP contribution in [0.5, 0.6) is 0 Å². The van der Waals surface area contributed by atoms with Gasteiger partial charge in [-0.15, -0.1) is 24.8 Å². The smallest absolute Gasteiger partial charge is 0.225 e. The number of carbonyl (C=O) groups is 1. The Hall–Kier alpha value is -0.0700. The van der Waals surface area contributed by atoms with Gasteiger partial charge in [0.15, 0.2) is 0 Å². The quantitative estimate of drug-likeness (QED) is 0.796. The number of rotatable bonds is 4. The highest BCUT2D eigenvalue weighted by Crippen LogP contribution is 2.27. The lowest BCUT2D eigenvalue weighted by atomic mass is 10.0. The van der Waals surface area contributed by atoms with Gasteiger partial charge in [-0.25, -0.2) is 0 Å². The second kappa shape index (κ2) is 9.93. The summed E-state index contributed by atoms with van der Waals surface area (Å²) >= 11 is 0. The first-order chi connectivity index (χ1) is 9.51. The highest BCUT2D eigenvalue weighted by molar-refractivity contribution is 5.85. The van der Waals surface area contributed by atoms with Gasteiger partial charge in [-0.3, -0.25) is 9.69 Å². The van der Waals surface area contributed by atoms with E-state index in [1.54, 1.807) is 0 Å². The van der Waals surface area contributed by atoms with Crippen LogP contribution in [-0.2, 0) is 4.79 Å². The lowest BCUT2D eigenvalue weighted by Gasteiger charge is -2.42. The van der Waals surface area contributed by atoms with E-state index in [0.717, 1.165) is 45.3 Å².